The molecule has 1 aliphatic rings. The molecule has 1 fully saturated rings. The molecule has 1 saturated heterocycles. The molecule has 9 nitrogen and oxygen atoms in total. The van der Waals surface area contributed by atoms with Crippen molar-refractivity contribution in [2.75, 3.05) is 24.5 Å². The summed E-state index contributed by atoms with van der Waals surface area (Å²) in [6.07, 6.45) is 4.63. The Hall–Kier alpha value is -4.45. The van der Waals surface area contributed by atoms with Crippen LogP contribution in [-0.2, 0) is 16.0 Å². The van der Waals surface area contributed by atoms with Gasteiger partial charge in [0, 0.05) is 31.7 Å². The summed E-state index contributed by atoms with van der Waals surface area (Å²) >= 11 is 0. The normalized spacial score (nSPS) is 14.4. The maximum Gasteiger partial charge on any atom is 0.267 e. The van der Waals surface area contributed by atoms with Gasteiger partial charge < -0.3 is 16.0 Å². The maximum atomic E-state index is 13.5. The zero-order valence-corrected chi connectivity index (χ0v) is 20.1. The van der Waals surface area contributed by atoms with Crippen molar-refractivity contribution in [1.82, 2.24) is 14.7 Å². The minimum Gasteiger partial charge on any atom is -0.369 e. The van der Waals surface area contributed by atoms with E-state index in [1.165, 1.54) is 10.5 Å². The average Bonchev–Trinajstić information content (AvgIpc) is 2.89. The highest BCUT2D eigenvalue weighted by Gasteiger charge is 2.27. The molecule has 9 heteroatoms. The van der Waals surface area contributed by atoms with Crippen molar-refractivity contribution in [2.45, 2.75) is 26.2 Å². The van der Waals surface area contributed by atoms with Gasteiger partial charge in [0.1, 0.15) is 23.1 Å². The van der Waals surface area contributed by atoms with Gasteiger partial charge in [0.25, 0.3) is 11.5 Å². The predicted octanol–water partition coefficient (Wildman–Crippen LogP) is 1.97. The lowest BCUT2D eigenvalue weighted by atomic mass is 9.96. The first-order valence-electron chi connectivity index (χ1n) is 11.9. The largest absolute Gasteiger partial charge is 0.369 e. The van der Waals surface area contributed by atoms with Gasteiger partial charge in [0.15, 0.2) is 0 Å². The fourth-order valence-corrected chi connectivity index (χ4v) is 4.40. The molecule has 0 radical (unpaired) electrons. The van der Waals surface area contributed by atoms with E-state index in [2.05, 4.69) is 5.32 Å². The first kappa shape index (κ1) is 24.7. The molecule has 0 atom stereocenters. The molecule has 0 spiro atoms. The van der Waals surface area contributed by atoms with Gasteiger partial charge in [0.05, 0.1) is 5.56 Å². The van der Waals surface area contributed by atoms with E-state index < -0.39 is 5.91 Å². The molecule has 1 aromatic carbocycles. The van der Waals surface area contributed by atoms with E-state index in [4.69, 9.17) is 10.7 Å². The lowest BCUT2D eigenvalue weighted by Crippen LogP contribution is -2.40. The zero-order chi connectivity index (χ0) is 25.7. The monoisotopic (exact) mass is 484 g/mol. The van der Waals surface area contributed by atoms with Crippen molar-refractivity contribution in [1.29, 1.82) is 5.26 Å². The summed E-state index contributed by atoms with van der Waals surface area (Å²) in [5.74, 6) is -0.729. The van der Waals surface area contributed by atoms with Gasteiger partial charge in [-0.15, -0.1) is 0 Å². The minimum absolute atomic E-state index is 0.158. The Morgan fingerprint density at radius 1 is 1.19 bits per heavy atom. The van der Waals surface area contributed by atoms with E-state index >= 15 is 0 Å². The predicted molar refractivity (Wildman–Crippen MR) is 137 cm³/mol. The van der Waals surface area contributed by atoms with Crippen molar-refractivity contribution >= 4 is 29.4 Å². The molecule has 0 aliphatic carbocycles. The fraction of sp³-hybridized carbons (Fsp3) is 0.296. The van der Waals surface area contributed by atoms with E-state index in [1.54, 1.807) is 12.3 Å². The van der Waals surface area contributed by atoms with Crippen LogP contribution >= 0.6 is 0 Å². The second-order valence-electron chi connectivity index (χ2n) is 8.86. The zero-order valence-electron chi connectivity index (χ0n) is 20.1. The topological polar surface area (TPSA) is 134 Å². The third kappa shape index (κ3) is 5.28. The van der Waals surface area contributed by atoms with Crippen LogP contribution in [0.15, 0.2) is 59.0 Å². The number of carbonyl (C=O) groups excluding carboxylic acids is 2. The molecule has 0 unspecified atom stereocenters. The number of hydrogen-bond acceptors (Lipinski definition) is 6. The van der Waals surface area contributed by atoms with E-state index in [9.17, 15) is 19.6 Å². The maximum absolute atomic E-state index is 13.5. The number of benzene rings is 1. The first-order valence-corrected chi connectivity index (χ1v) is 11.9. The van der Waals surface area contributed by atoms with Gasteiger partial charge >= 0.3 is 0 Å². The quantitative estimate of drug-likeness (QED) is 0.389. The van der Waals surface area contributed by atoms with Crippen molar-refractivity contribution in [3.05, 3.63) is 81.3 Å². The molecule has 184 valence electrons. The van der Waals surface area contributed by atoms with Crippen LogP contribution in [0, 0.1) is 24.2 Å². The van der Waals surface area contributed by atoms with Crippen molar-refractivity contribution in [2.24, 2.45) is 11.7 Å². The Bertz CT molecular complexity index is 1410. The summed E-state index contributed by atoms with van der Waals surface area (Å²) in [6.45, 7) is 3.17. The summed E-state index contributed by atoms with van der Waals surface area (Å²) in [6, 6.07) is 15.2. The highest BCUT2D eigenvalue weighted by molar-refractivity contribution is 6.02. The lowest BCUT2D eigenvalue weighted by molar-refractivity contribution is -0.122. The number of carbonyl (C=O) groups is 2. The smallest absolute Gasteiger partial charge is 0.267 e. The number of aryl methyl sites for hydroxylation is 1. The van der Waals surface area contributed by atoms with Crippen LogP contribution in [-0.4, -0.2) is 40.8 Å². The number of piperidine rings is 1. The number of hydrogen-bond donors (Lipinski definition) is 2. The number of amides is 2. The van der Waals surface area contributed by atoms with Gasteiger partial charge in [-0.05, 0) is 49.5 Å². The lowest BCUT2D eigenvalue weighted by Gasteiger charge is -2.32. The Morgan fingerprint density at radius 3 is 2.58 bits per heavy atom. The van der Waals surface area contributed by atoms with Gasteiger partial charge in [-0.25, -0.2) is 4.98 Å². The standard InChI is InChI=1S/C27H28N6O3/c1-18-6-5-13-33-24(18)31-25(32-14-10-20(11-15-32)23(29)34)22(27(33)36)16-21(17-28)26(35)30-12-9-19-7-3-2-4-8-19/h2-8,13,16,20H,9-12,14-15H2,1H3,(H2,29,34)(H,30,35)/b21-16+. The molecule has 3 aromatic rings. The molecule has 3 heterocycles. The Balaban J connectivity index is 1.67. The number of nitrogens with two attached hydrogens (primary N) is 1. The van der Waals surface area contributed by atoms with Crippen molar-refractivity contribution in [3.8, 4) is 6.07 Å². The van der Waals surface area contributed by atoms with Gasteiger partial charge in [0.2, 0.25) is 5.91 Å². The molecular formula is C27H28N6O3. The van der Waals surface area contributed by atoms with Crippen LogP contribution in [0.1, 0.15) is 29.5 Å². The molecule has 4 rings (SSSR count). The van der Waals surface area contributed by atoms with E-state index in [0.29, 0.717) is 50.4 Å². The summed E-state index contributed by atoms with van der Waals surface area (Å²) in [5, 5.41) is 12.5. The van der Waals surface area contributed by atoms with Crippen LogP contribution in [0.4, 0.5) is 5.82 Å². The van der Waals surface area contributed by atoms with Gasteiger partial charge in [-0.3, -0.25) is 18.8 Å². The number of primary amides is 1. The summed E-state index contributed by atoms with van der Waals surface area (Å²) in [5.41, 5.74) is 7.46. The fourth-order valence-electron chi connectivity index (χ4n) is 4.40. The first-order chi connectivity index (χ1) is 17.4. The number of rotatable bonds is 7. The SMILES string of the molecule is Cc1cccn2c(=O)c(/C=C(\C#N)C(=O)NCCc3ccccc3)c(N3CCC(C(N)=O)CC3)nc12. The second-order valence-corrected chi connectivity index (χ2v) is 8.86. The van der Waals surface area contributed by atoms with E-state index in [-0.39, 0.29) is 28.5 Å². The highest BCUT2D eigenvalue weighted by atomic mass is 16.2. The molecule has 36 heavy (non-hydrogen) atoms. The molecule has 0 bridgehead atoms. The van der Waals surface area contributed by atoms with Crippen LogP contribution in [0.5, 0.6) is 0 Å². The number of nitrogens with zero attached hydrogens (tertiary/aromatic N) is 4. The number of anilines is 1. The summed E-state index contributed by atoms with van der Waals surface area (Å²) < 4.78 is 1.42. The van der Waals surface area contributed by atoms with Crippen LogP contribution in [0.3, 0.4) is 0 Å². The van der Waals surface area contributed by atoms with Crippen molar-refractivity contribution in [3.63, 3.8) is 0 Å². The summed E-state index contributed by atoms with van der Waals surface area (Å²) in [4.78, 5) is 44.6. The minimum atomic E-state index is -0.555. The van der Waals surface area contributed by atoms with E-state index in [0.717, 1.165) is 11.1 Å². The number of fused-ring (bicyclic) bond motifs is 1. The highest BCUT2D eigenvalue weighted by Crippen LogP contribution is 2.26. The van der Waals surface area contributed by atoms with Gasteiger partial charge in [-0.2, -0.15) is 5.26 Å². The van der Waals surface area contributed by atoms with Crippen LogP contribution in [0.25, 0.3) is 11.7 Å². The summed E-state index contributed by atoms with van der Waals surface area (Å²) in [7, 11) is 0. The number of pyridine rings is 1. The number of nitriles is 1. The molecule has 0 saturated carbocycles. The Kier molecular flexibility index (Phi) is 7.44. The van der Waals surface area contributed by atoms with Crippen molar-refractivity contribution < 1.29 is 9.59 Å². The number of aromatic nitrogens is 2. The average molecular weight is 485 g/mol. The number of nitrogens with one attached hydrogen (secondary N) is 1. The molecule has 1 aliphatic heterocycles. The van der Waals surface area contributed by atoms with E-state index in [1.807, 2.05) is 54.3 Å². The third-order valence-electron chi connectivity index (χ3n) is 6.46. The van der Waals surface area contributed by atoms with Crippen LogP contribution < -0.4 is 21.5 Å². The molecule has 2 amide bonds. The Labute approximate surface area is 208 Å². The van der Waals surface area contributed by atoms with Gasteiger partial charge in [-0.1, -0.05) is 36.4 Å². The second kappa shape index (κ2) is 10.9. The molecule has 2 aromatic heterocycles. The Morgan fingerprint density at radius 2 is 1.92 bits per heavy atom. The molecule has 3 N–H and O–H groups in total. The third-order valence-corrected chi connectivity index (χ3v) is 6.46. The van der Waals surface area contributed by atoms with Crippen LogP contribution in [0.2, 0.25) is 0 Å². The molecular weight excluding hydrogens is 456 g/mol.